The van der Waals surface area contributed by atoms with Crippen LogP contribution in [-0.4, -0.2) is 34.8 Å². The van der Waals surface area contributed by atoms with E-state index < -0.39 is 11.5 Å². The Balaban J connectivity index is 1.71. The van der Waals surface area contributed by atoms with Crippen LogP contribution in [0.3, 0.4) is 0 Å². The molecule has 2 aromatic heterocycles. The predicted octanol–water partition coefficient (Wildman–Crippen LogP) is 2.73. The van der Waals surface area contributed by atoms with E-state index in [1.807, 2.05) is 30.3 Å². The monoisotopic (exact) mass is 384 g/mol. The Morgan fingerprint density at radius 2 is 2.11 bits per heavy atom. The molecule has 0 aliphatic carbocycles. The Hall–Kier alpha value is -2.64. The molecule has 27 heavy (non-hydrogen) atoms. The molecule has 3 aromatic rings. The summed E-state index contributed by atoms with van der Waals surface area (Å²) in [6.07, 6.45) is 1.82. The molecule has 7 heteroatoms. The summed E-state index contributed by atoms with van der Waals surface area (Å²) < 4.78 is 7.58. The van der Waals surface area contributed by atoms with Crippen molar-refractivity contribution in [3.63, 3.8) is 0 Å². The molecule has 1 amide bonds. The highest BCUT2D eigenvalue weighted by Gasteiger charge is 2.24. The number of hydrogen-bond acceptors (Lipinski definition) is 5. The maximum absolute atomic E-state index is 13.1. The molecule has 2 N–H and O–H groups in total. The van der Waals surface area contributed by atoms with Gasteiger partial charge in [-0.3, -0.25) is 9.59 Å². The number of hydrogen-bond donors (Lipinski definition) is 2. The van der Waals surface area contributed by atoms with Crippen LogP contribution in [0, 0.1) is 0 Å². The summed E-state index contributed by atoms with van der Waals surface area (Å²) in [6, 6.07) is 11.4. The first-order valence-electron chi connectivity index (χ1n) is 8.92. The second-order valence-electron chi connectivity index (χ2n) is 6.58. The van der Waals surface area contributed by atoms with Gasteiger partial charge in [-0.25, -0.2) is 0 Å². The van der Waals surface area contributed by atoms with Gasteiger partial charge in [0.1, 0.15) is 5.56 Å². The van der Waals surface area contributed by atoms with Crippen molar-refractivity contribution in [3.8, 4) is 5.75 Å². The number of nitrogens with zero attached hydrogens (tertiary/aromatic N) is 1. The molecule has 0 saturated carbocycles. The van der Waals surface area contributed by atoms with E-state index >= 15 is 0 Å². The van der Waals surface area contributed by atoms with Crippen molar-refractivity contribution in [2.45, 2.75) is 25.5 Å². The van der Waals surface area contributed by atoms with Gasteiger partial charge in [-0.2, -0.15) is 0 Å². The van der Waals surface area contributed by atoms with Crippen LogP contribution in [0.15, 0.2) is 46.6 Å². The highest BCUT2D eigenvalue weighted by molar-refractivity contribution is 7.17. The SMILES string of the molecule is O=C(NC[C@H]1CCCO1)c1c(O)c2sccc2n(Cc2ccccc2)c1=O. The number of benzene rings is 1. The van der Waals surface area contributed by atoms with Crippen molar-refractivity contribution in [2.24, 2.45) is 0 Å². The maximum atomic E-state index is 13.1. The van der Waals surface area contributed by atoms with Crippen LogP contribution in [0.25, 0.3) is 10.2 Å². The Morgan fingerprint density at radius 3 is 2.85 bits per heavy atom. The average Bonchev–Trinajstić information content (AvgIpc) is 3.36. The quantitative estimate of drug-likeness (QED) is 0.709. The minimum atomic E-state index is -0.565. The largest absolute Gasteiger partial charge is 0.505 e. The molecule has 1 atom stereocenters. The van der Waals surface area contributed by atoms with Crippen LogP contribution >= 0.6 is 11.3 Å². The average molecular weight is 384 g/mol. The minimum absolute atomic E-state index is 0.0342. The van der Waals surface area contributed by atoms with E-state index in [1.165, 1.54) is 11.3 Å². The highest BCUT2D eigenvalue weighted by Crippen LogP contribution is 2.31. The zero-order valence-electron chi connectivity index (χ0n) is 14.7. The number of rotatable bonds is 5. The van der Waals surface area contributed by atoms with E-state index in [0.29, 0.717) is 29.9 Å². The first kappa shape index (κ1) is 17.8. The molecule has 3 heterocycles. The maximum Gasteiger partial charge on any atom is 0.268 e. The van der Waals surface area contributed by atoms with Gasteiger partial charge in [0.2, 0.25) is 0 Å². The van der Waals surface area contributed by atoms with Gasteiger partial charge in [0, 0.05) is 13.2 Å². The predicted molar refractivity (Wildman–Crippen MR) is 105 cm³/mol. The number of carbonyl (C=O) groups is 1. The topological polar surface area (TPSA) is 80.6 Å². The van der Waals surface area contributed by atoms with Gasteiger partial charge in [-0.1, -0.05) is 30.3 Å². The summed E-state index contributed by atoms with van der Waals surface area (Å²) in [5, 5.41) is 15.1. The lowest BCUT2D eigenvalue weighted by atomic mass is 10.1. The molecule has 0 spiro atoms. The molecule has 6 nitrogen and oxygen atoms in total. The third-order valence-electron chi connectivity index (χ3n) is 4.77. The van der Waals surface area contributed by atoms with Gasteiger partial charge < -0.3 is 19.7 Å². The van der Waals surface area contributed by atoms with Crippen molar-refractivity contribution in [2.75, 3.05) is 13.2 Å². The van der Waals surface area contributed by atoms with Crippen LogP contribution in [-0.2, 0) is 11.3 Å². The number of fused-ring (bicyclic) bond motifs is 1. The van der Waals surface area contributed by atoms with Crippen molar-refractivity contribution in [1.82, 2.24) is 9.88 Å². The molecule has 4 rings (SSSR count). The summed E-state index contributed by atoms with van der Waals surface area (Å²) in [6.45, 7) is 1.36. The zero-order chi connectivity index (χ0) is 18.8. The van der Waals surface area contributed by atoms with E-state index in [-0.39, 0.29) is 17.4 Å². The summed E-state index contributed by atoms with van der Waals surface area (Å²) in [5.41, 5.74) is 0.872. The van der Waals surface area contributed by atoms with Crippen molar-refractivity contribution in [1.29, 1.82) is 0 Å². The van der Waals surface area contributed by atoms with Gasteiger partial charge in [0.15, 0.2) is 5.75 Å². The molecule has 0 unspecified atom stereocenters. The normalized spacial score (nSPS) is 16.7. The molecule has 1 aliphatic heterocycles. The van der Waals surface area contributed by atoms with Gasteiger partial charge >= 0.3 is 0 Å². The third-order valence-corrected chi connectivity index (χ3v) is 5.68. The third kappa shape index (κ3) is 3.48. The molecule has 140 valence electrons. The second kappa shape index (κ2) is 7.54. The number of thiophene rings is 1. The van der Waals surface area contributed by atoms with Crippen LogP contribution in [0.1, 0.15) is 28.8 Å². The number of carbonyl (C=O) groups excluding carboxylic acids is 1. The van der Waals surface area contributed by atoms with E-state index in [9.17, 15) is 14.7 Å². The van der Waals surface area contributed by atoms with Crippen LogP contribution in [0.2, 0.25) is 0 Å². The fourth-order valence-electron chi connectivity index (χ4n) is 3.38. The summed E-state index contributed by atoms with van der Waals surface area (Å²) in [4.78, 5) is 25.7. The molecular formula is C20H20N2O4S. The van der Waals surface area contributed by atoms with E-state index in [2.05, 4.69) is 5.32 Å². The number of pyridine rings is 1. The van der Waals surface area contributed by atoms with Gasteiger partial charge in [-0.15, -0.1) is 11.3 Å². The standard InChI is InChI=1S/C20H20N2O4S/c23-17-16(19(24)21-11-14-7-4-9-26-14)20(25)22(15-8-10-27-18(15)17)12-13-5-2-1-3-6-13/h1-3,5-6,8,10,14,23H,4,7,9,11-12H2,(H,21,24)/t14-/m1/s1. The molecule has 0 radical (unpaired) electrons. The molecule has 0 bridgehead atoms. The fraction of sp³-hybridized carbons (Fsp3) is 0.300. The molecular weight excluding hydrogens is 364 g/mol. The summed E-state index contributed by atoms with van der Waals surface area (Å²) in [5.74, 6) is -0.815. The van der Waals surface area contributed by atoms with Gasteiger partial charge in [0.05, 0.1) is 22.9 Å². The zero-order valence-corrected chi connectivity index (χ0v) is 15.5. The minimum Gasteiger partial charge on any atom is -0.505 e. The fourth-order valence-corrected chi connectivity index (χ4v) is 4.22. The van der Waals surface area contributed by atoms with E-state index in [0.717, 1.165) is 18.4 Å². The second-order valence-corrected chi connectivity index (χ2v) is 7.50. The van der Waals surface area contributed by atoms with Gasteiger partial charge in [0.25, 0.3) is 11.5 Å². The lowest BCUT2D eigenvalue weighted by Gasteiger charge is -2.14. The smallest absolute Gasteiger partial charge is 0.268 e. The molecule has 1 aliphatic rings. The van der Waals surface area contributed by atoms with Crippen LogP contribution in [0.4, 0.5) is 0 Å². The number of ether oxygens (including phenoxy) is 1. The molecule has 1 saturated heterocycles. The lowest BCUT2D eigenvalue weighted by molar-refractivity contribution is 0.0854. The Morgan fingerprint density at radius 1 is 1.30 bits per heavy atom. The van der Waals surface area contributed by atoms with Crippen molar-refractivity contribution >= 4 is 27.5 Å². The van der Waals surface area contributed by atoms with Crippen LogP contribution in [0.5, 0.6) is 5.75 Å². The lowest BCUT2D eigenvalue weighted by Crippen LogP contribution is -2.37. The Kier molecular flexibility index (Phi) is 4.96. The Labute approximate surface area is 160 Å². The number of aromatic hydroxyl groups is 1. The van der Waals surface area contributed by atoms with E-state index in [4.69, 9.17) is 4.74 Å². The van der Waals surface area contributed by atoms with E-state index in [1.54, 1.807) is 16.0 Å². The number of amides is 1. The molecule has 1 aromatic carbocycles. The molecule has 1 fully saturated rings. The first-order chi connectivity index (χ1) is 13.1. The number of nitrogens with one attached hydrogen (secondary N) is 1. The number of aromatic nitrogens is 1. The summed E-state index contributed by atoms with van der Waals surface area (Å²) in [7, 11) is 0. The summed E-state index contributed by atoms with van der Waals surface area (Å²) >= 11 is 1.31. The first-order valence-corrected chi connectivity index (χ1v) is 9.80. The Bertz CT molecular complexity index is 1020. The van der Waals surface area contributed by atoms with Crippen LogP contribution < -0.4 is 10.9 Å². The highest BCUT2D eigenvalue weighted by atomic mass is 32.1. The van der Waals surface area contributed by atoms with Crippen molar-refractivity contribution < 1.29 is 14.6 Å². The van der Waals surface area contributed by atoms with Gasteiger partial charge in [-0.05, 0) is 29.9 Å². The van der Waals surface area contributed by atoms with Crippen molar-refractivity contribution in [3.05, 3.63) is 63.3 Å².